The Hall–Kier alpha value is -1.67. The summed E-state index contributed by atoms with van der Waals surface area (Å²) in [6, 6.07) is 14.1. The van der Waals surface area contributed by atoms with Gasteiger partial charge >= 0.3 is 0 Å². The van der Waals surface area contributed by atoms with Crippen LogP contribution in [0.4, 0.5) is 4.39 Å². The molecule has 0 aliphatic carbocycles. The maximum atomic E-state index is 13.6. The molecule has 0 amide bonds. The zero-order valence-electron chi connectivity index (χ0n) is 12.4. The summed E-state index contributed by atoms with van der Waals surface area (Å²) in [6.45, 7) is 7.08. The van der Waals surface area contributed by atoms with Crippen LogP contribution in [-0.4, -0.2) is 6.54 Å². The molecule has 2 aromatic carbocycles. The Morgan fingerprint density at radius 1 is 1.05 bits per heavy atom. The van der Waals surface area contributed by atoms with Crippen LogP contribution in [0, 0.1) is 12.7 Å². The standard InChI is InChI=1S/C18H22FN/c1-4-18(20-5-2)15-11-9-14(10-12-15)16-7-6-8-17(19)13(16)3/h6-12,18,20H,4-5H2,1-3H3. The Labute approximate surface area is 120 Å². The van der Waals surface area contributed by atoms with Crippen molar-refractivity contribution in [1.29, 1.82) is 0 Å². The number of rotatable bonds is 5. The highest BCUT2D eigenvalue weighted by Gasteiger charge is 2.09. The van der Waals surface area contributed by atoms with Gasteiger partial charge in [-0.2, -0.15) is 0 Å². The predicted octanol–water partition coefficient (Wildman–Crippen LogP) is 4.86. The lowest BCUT2D eigenvalue weighted by Crippen LogP contribution is -2.19. The van der Waals surface area contributed by atoms with Gasteiger partial charge < -0.3 is 5.32 Å². The lowest BCUT2D eigenvalue weighted by molar-refractivity contribution is 0.537. The van der Waals surface area contributed by atoms with E-state index in [9.17, 15) is 4.39 Å². The number of hydrogen-bond donors (Lipinski definition) is 1. The molecule has 2 aromatic rings. The first-order valence-electron chi connectivity index (χ1n) is 7.26. The van der Waals surface area contributed by atoms with Gasteiger partial charge in [-0.3, -0.25) is 0 Å². The van der Waals surface area contributed by atoms with Gasteiger partial charge in [0.05, 0.1) is 0 Å². The molecule has 1 atom stereocenters. The fourth-order valence-electron chi connectivity index (χ4n) is 2.56. The van der Waals surface area contributed by atoms with E-state index in [2.05, 4.69) is 43.4 Å². The summed E-state index contributed by atoms with van der Waals surface area (Å²) in [5.74, 6) is -0.148. The molecule has 0 radical (unpaired) electrons. The first-order chi connectivity index (χ1) is 9.67. The molecule has 0 fully saturated rings. The zero-order chi connectivity index (χ0) is 14.5. The molecule has 1 N–H and O–H groups in total. The number of halogens is 1. The van der Waals surface area contributed by atoms with Crippen molar-refractivity contribution in [3.63, 3.8) is 0 Å². The second-order valence-electron chi connectivity index (χ2n) is 5.05. The molecule has 106 valence electrons. The van der Waals surface area contributed by atoms with Gasteiger partial charge in [0.15, 0.2) is 0 Å². The lowest BCUT2D eigenvalue weighted by atomic mass is 9.97. The van der Waals surface area contributed by atoms with Crippen molar-refractivity contribution >= 4 is 0 Å². The molecular formula is C18H22FN. The summed E-state index contributed by atoms with van der Waals surface area (Å²) in [4.78, 5) is 0. The second-order valence-corrected chi connectivity index (χ2v) is 5.05. The summed E-state index contributed by atoms with van der Waals surface area (Å²) in [7, 11) is 0. The van der Waals surface area contributed by atoms with Crippen LogP contribution in [0.5, 0.6) is 0 Å². The third-order valence-electron chi connectivity index (χ3n) is 3.75. The van der Waals surface area contributed by atoms with Crippen molar-refractivity contribution in [1.82, 2.24) is 5.32 Å². The van der Waals surface area contributed by atoms with Gasteiger partial charge in [-0.05, 0) is 48.2 Å². The Morgan fingerprint density at radius 2 is 1.75 bits per heavy atom. The monoisotopic (exact) mass is 271 g/mol. The van der Waals surface area contributed by atoms with Gasteiger partial charge in [0.2, 0.25) is 0 Å². The molecule has 1 unspecified atom stereocenters. The summed E-state index contributed by atoms with van der Waals surface area (Å²) in [5.41, 5.74) is 4.02. The number of nitrogens with one attached hydrogen (secondary N) is 1. The average Bonchev–Trinajstić information content (AvgIpc) is 2.48. The second kappa shape index (κ2) is 6.67. The molecular weight excluding hydrogens is 249 g/mol. The Kier molecular flexibility index (Phi) is 4.91. The number of benzene rings is 2. The van der Waals surface area contributed by atoms with Gasteiger partial charge in [0.1, 0.15) is 5.82 Å². The first-order valence-corrected chi connectivity index (χ1v) is 7.26. The van der Waals surface area contributed by atoms with Gasteiger partial charge in [-0.1, -0.05) is 50.2 Å². The highest BCUT2D eigenvalue weighted by molar-refractivity contribution is 5.67. The molecule has 1 nitrogen and oxygen atoms in total. The van der Waals surface area contributed by atoms with E-state index in [1.54, 1.807) is 6.07 Å². The Balaban J connectivity index is 2.30. The molecule has 0 bridgehead atoms. The fraction of sp³-hybridized carbons (Fsp3) is 0.333. The highest BCUT2D eigenvalue weighted by Crippen LogP contribution is 2.27. The molecule has 0 saturated heterocycles. The minimum absolute atomic E-state index is 0.148. The Morgan fingerprint density at radius 3 is 2.35 bits per heavy atom. The minimum Gasteiger partial charge on any atom is -0.310 e. The highest BCUT2D eigenvalue weighted by atomic mass is 19.1. The van der Waals surface area contributed by atoms with E-state index in [1.807, 2.05) is 13.0 Å². The minimum atomic E-state index is -0.148. The third kappa shape index (κ3) is 3.07. The molecule has 0 heterocycles. The fourth-order valence-corrected chi connectivity index (χ4v) is 2.56. The van der Waals surface area contributed by atoms with E-state index < -0.39 is 0 Å². The van der Waals surface area contributed by atoms with Crippen LogP contribution >= 0.6 is 0 Å². The molecule has 0 aliphatic heterocycles. The molecule has 0 aliphatic rings. The summed E-state index contributed by atoms with van der Waals surface area (Å²) in [6.07, 6.45) is 1.06. The largest absolute Gasteiger partial charge is 0.310 e. The molecule has 0 aromatic heterocycles. The predicted molar refractivity (Wildman–Crippen MR) is 83.3 cm³/mol. The molecule has 0 spiro atoms. The molecule has 0 saturated carbocycles. The smallest absolute Gasteiger partial charge is 0.126 e. The van der Waals surface area contributed by atoms with Gasteiger partial charge in [-0.25, -0.2) is 4.39 Å². The maximum Gasteiger partial charge on any atom is 0.126 e. The van der Waals surface area contributed by atoms with Crippen LogP contribution in [0.3, 0.4) is 0 Å². The Bertz CT molecular complexity index is 560. The van der Waals surface area contributed by atoms with Crippen molar-refractivity contribution in [2.75, 3.05) is 6.54 Å². The van der Waals surface area contributed by atoms with Crippen LogP contribution < -0.4 is 5.32 Å². The third-order valence-corrected chi connectivity index (χ3v) is 3.75. The van der Waals surface area contributed by atoms with Crippen LogP contribution in [0.2, 0.25) is 0 Å². The van der Waals surface area contributed by atoms with Crippen LogP contribution in [0.15, 0.2) is 42.5 Å². The van der Waals surface area contributed by atoms with Crippen molar-refractivity contribution in [2.45, 2.75) is 33.2 Å². The molecule has 20 heavy (non-hydrogen) atoms. The lowest BCUT2D eigenvalue weighted by Gasteiger charge is -2.17. The van der Waals surface area contributed by atoms with Gasteiger partial charge in [0.25, 0.3) is 0 Å². The van der Waals surface area contributed by atoms with Crippen LogP contribution in [0.1, 0.15) is 37.4 Å². The summed E-state index contributed by atoms with van der Waals surface area (Å²) >= 11 is 0. The van der Waals surface area contributed by atoms with Crippen molar-refractivity contribution in [3.05, 3.63) is 59.4 Å². The van der Waals surface area contributed by atoms with Crippen LogP contribution in [0.25, 0.3) is 11.1 Å². The zero-order valence-corrected chi connectivity index (χ0v) is 12.4. The summed E-state index contributed by atoms with van der Waals surface area (Å²) < 4.78 is 13.6. The quantitative estimate of drug-likeness (QED) is 0.818. The van der Waals surface area contributed by atoms with E-state index in [-0.39, 0.29) is 5.82 Å². The SMILES string of the molecule is CCNC(CC)c1ccc(-c2cccc(F)c2C)cc1. The van der Waals surface area contributed by atoms with E-state index >= 15 is 0 Å². The van der Waals surface area contributed by atoms with E-state index in [0.29, 0.717) is 11.6 Å². The maximum absolute atomic E-state index is 13.6. The first kappa shape index (κ1) is 14.7. The van der Waals surface area contributed by atoms with Crippen LogP contribution in [-0.2, 0) is 0 Å². The molecule has 2 rings (SSSR count). The molecule has 2 heteroatoms. The van der Waals surface area contributed by atoms with Gasteiger partial charge in [-0.15, -0.1) is 0 Å². The topological polar surface area (TPSA) is 12.0 Å². The van der Waals surface area contributed by atoms with E-state index in [4.69, 9.17) is 0 Å². The van der Waals surface area contributed by atoms with Crippen molar-refractivity contribution in [3.8, 4) is 11.1 Å². The normalized spacial score (nSPS) is 12.4. The number of hydrogen-bond acceptors (Lipinski definition) is 1. The summed E-state index contributed by atoms with van der Waals surface area (Å²) in [5, 5.41) is 3.47. The van der Waals surface area contributed by atoms with Crippen molar-refractivity contribution < 1.29 is 4.39 Å². The van der Waals surface area contributed by atoms with Crippen molar-refractivity contribution in [2.24, 2.45) is 0 Å². The van der Waals surface area contributed by atoms with E-state index in [1.165, 1.54) is 11.6 Å². The van der Waals surface area contributed by atoms with Gasteiger partial charge in [0, 0.05) is 6.04 Å². The van der Waals surface area contributed by atoms with E-state index in [0.717, 1.165) is 24.1 Å². The average molecular weight is 271 g/mol.